The van der Waals surface area contributed by atoms with E-state index in [0.717, 1.165) is 12.8 Å². The summed E-state index contributed by atoms with van der Waals surface area (Å²) >= 11 is 0. The Hall–Kier alpha value is -0.130. The third-order valence-electron chi connectivity index (χ3n) is 1.77. The Morgan fingerprint density at radius 3 is 2.70 bits per heavy atom. The van der Waals surface area contributed by atoms with Crippen molar-refractivity contribution in [1.29, 1.82) is 0 Å². The van der Waals surface area contributed by atoms with Crippen molar-refractivity contribution in [1.82, 2.24) is 4.31 Å². The summed E-state index contributed by atoms with van der Waals surface area (Å²) in [6.07, 6.45) is 1.66. The summed E-state index contributed by atoms with van der Waals surface area (Å²) in [5.74, 6) is 0. The van der Waals surface area contributed by atoms with E-state index in [1.165, 1.54) is 4.31 Å². The second kappa shape index (κ2) is 3.32. The van der Waals surface area contributed by atoms with E-state index in [1.54, 1.807) is 0 Å². The van der Waals surface area contributed by atoms with Crippen molar-refractivity contribution in [3.05, 3.63) is 0 Å². The molecule has 0 aromatic rings. The number of thiol groups is 1. The number of aliphatic hydroxyl groups is 1. The number of rotatable bonds is 2. The lowest BCUT2D eigenvalue weighted by Crippen LogP contribution is -2.30. The fourth-order valence-electron chi connectivity index (χ4n) is 1.22. The molecule has 1 heterocycles. The van der Waals surface area contributed by atoms with Crippen LogP contribution in [0.25, 0.3) is 0 Å². The minimum atomic E-state index is -2.47. The van der Waals surface area contributed by atoms with Crippen LogP contribution >= 0.6 is 0 Å². The first-order valence-electron chi connectivity index (χ1n) is 3.27. The highest BCUT2D eigenvalue weighted by Gasteiger charge is 2.25. The fourth-order valence-corrected chi connectivity index (χ4v) is 1.98. The highest BCUT2D eigenvalue weighted by Crippen LogP contribution is 2.15. The van der Waals surface area contributed by atoms with E-state index < -0.39 is 10.9 Å². The lowest BCUT2D eigenvalue weighted by Gasteiger charge is -2.13. The summed E-state index contributed by atoms with van der Waals surface area (Å²) in [5, 5.41) is 8.68. The molecular weight excluding hydrogens is 154 g/mol. The van der Waals surface area contributed by atoms with E-state index in [-0.39, 0.29) is 12.6 Å². The summed E-state index contributed by atoms with van der Waals surface area (Å²) < 4.78 is 22.2. The van der Waals surface area contributed by atoms with Gasteiger partial charge in [0.05, 0.1) is 6.61 Å². The first-order chi connectivity index (χ1) is 4.75. The zero-order valence-electron chi connectivity index (χ0n) is 5.56. The number of hydrogen-bond acceptors (Lipinski definition) is 3. The van der Waals surface area contributed by atoms with Gasteiger partial charge in [0.1, 0.15) is 0 Å². The van der Waals surface area contributed by atoms with Crippen LogP contribution in [0.5, 0.6) is 0 Å². The van der Waals surface area contributed by atoms with Crippen LogP contribution in [0.15, 0.2) is 0 Å². The zero-order valence-corrected chi connectivity index (χ0v) is 6.46. The van der Waals surface area contributed by atoms with Gasteiger partial charge in [-0.15, -0.1) is 0 Å². The largest absolute Gasteiger partial charge is 0.395 e. The van der Waals surface area contributed by atoms with Gasteiger partial charge in [-0.25, -0.2) is 8.42 Å². The highest BCUT2D eigenvalue weighted by molar-refractivity contribution is 7.69. The second-order valence-electron chi connectivity index (χ2n) is 2.38. The fraction of sp³-hybridized carbons (Fsp3) is 1.00. The Balaban J connectivity index is 2.58. The molecule has 1 unspecified atom stereocenters. The summed E-state index contributed by atoms with van der Waals surface area (Å²) in [6.45, 7) is 0.521. The molecule has 1 aliphatic rings. The van der Waals surface area contributed by atoms with E-state index in [1.807, 2.05) is 0 Å². The zero-order chi connectivity index (χ0) is 7.56. The van der Waals surface area contributed by atoms with Crippen molar-refractivity contribution < 1.29 is 13.5 Å². The van der Waals surface area contributed by atoms with E-state index in [0.29, 0.717) is 6.54 Å². The normalized spacial score (nSPS) is 28.0. The molecule has 0 amide bonds. The summed E-state index contributed by atoms with van der Waals surface area (Å²) in [5.41, 5.74) is 0. The van der Waals surface area contributed by atoms with Gasteiger partial charge in [-0.3, -0.25) is 0 Å². The highest BCUT2D eigenvalue weighted by atomic mass is 32.2. The molecule has 5 heteroatoms. The monoisotopic (exact) mass is 165 g/mol. The van der Waals surface area contributed by atoms with Gasteiger partial charge in [-0.05, 0) is 12.8 Å². The molecule has 0 aromatic carbocycles. The first kappa shape index (κ1) is 7.97. The van der Waals surface area contributed by atoms with Gasteiger partial charge in [0.2, 0.25) is 10.9 Å². The minimum Gasteiger partial charge on any atom is -0.395 e. The maximum Gasteiger partial charge on any atom is 0.204 e. The van der Waals surface area contributed by atoms with Crippen molar-refractivity contribution in [2.45, 2.75) is 18.9 Å². The van der Waals surface area contributed by atoms with Crippen molar-refractivity contribution in [3.8, 4) is 0 Å². The van der Waals surface area contributed by atoms with Gasteiger partial charge >= 0.3 is 0 Å². The molecule has 60 valence electrons. The molecule has 1 saturated heterocycles. The van der Waals surface area contributed by atoms with Gasteiger partial charge in [0, 0.05) is 12.6 Å². The van der Waals surface area contributed by atoms with Crippen LogP contribution in [-0.4, -0.2) is 37.0 Å². The molecule has 1 fully saturated rings. The molecule has 1 rings (SSSR count). The summed E-state index contributed by atoms with van der Waals surface area (Å²) in [4.78, 5) is 0. The standard InChI is InChI=1S/C5H11NO3S/c7-4-5-2-1-3-6(5)10(8)9/h5,7,10H,1-4H2. The molecule has 0 radical (unpaired) electrons. The number of hydrogen-bond donors (Lipinski definition) is 2. The molecule has 1 atom stereocenters. The minimum absolute atomic E-state index is 0.0523. The lowest BCUT2D eigenvalue weighted by molar-refractivity contribution is 0.216. The van der Waals surface area contributed by atoms with Crippen molar-refractivity contribution in [3.63, 3.8) is 0 Å². The average Bonchev–Trinajstić information content (AvgIpc) is 2.33. The molecule has 0 bridgehead atoms. The van der Waals surface area contributed by atoms with Crippen molar-refractivity contribution >= 4 is 10.9 Å². The van der Waals surface area contributed by atoms with Crippen LogP contribution < -0.4 is 0 Å². The smallest absolute Gasteiger partial charge is 0.204 e. The second-order valence-corrected chi connectivity index (χ2v) is 3.37. The van der Waals surface area contributed by atoms with E-state index in [2.05, 4.69) is 0 Å². The van der Waals surface area contributed by atoms with Crippen LogP contribution in [-0.2, 0) is 10.9 Å². The Bertz CT molecular complexity index is 172. The maximum atomic E-state index is 10.4. The van der Waals surface area contributed by atoms with E-state index >= 15 is 0 Å². The van der Waals surface area contributed by atoms with Crippen molar-refractivity contribution in [2.75, 3.05) is 13.2 Å². The maximum absolute atomic E-state index is 10.4. The Morgan fingerprint density at radius 1 is 1.60 bits per heavy atom. The molecule has 0 saturated carbocycles. The Labute approximate surface area is 61.5 Å². The van der Waals surface area contributed by atoms with Crippen LogP contribution in [0, 0.1) is 0 Å². The molecule has 0 spiro atoms. The van der Waals surface area contributed by atoms with Crippen molar-refractivity contribution in [2.24, 2.45) is 0 Å². The third kappa shape index (κ3) is 1.47. The number of nitrogens with zero attached hydrogens (tertiary/aromatic N) is 1. The molecular formula is C5H11NO3S. The van der Waals surface area contributed by atoms with Gasteiger partial charge in [-0.2, -0.15) is 4.31 Å². The predicted molar refractivity (Wildman–Crippen MR) is 37.1 cm³/mol. The topological polar surface area (TPSA) is 57.6 Å². The van der Waals surface area contributed by atoms with Crippen LogP contribution in [0.3, 0.4) is 0 Å². The Morgan fingerprint density at radius 2 is 2.30 bits per heavy atom. The SMILES string of the molecule is O=[SH](=O)N1CCCC1CO. The van der Waals surface area contributed by atoms with Gasteiger partial charge in [0.25, 0.3) is 0 Å². The number of aliphatic hydroxyl groups excluding tert-OH is 1. The summed E-state index contributed by atoms with van der Waals surface area (Å²) in [6, 6.07) is -0.152. The molecule has 1 aliphatic heterocycles. The molecule has 10 heavy (non-hydrogen) atoms. The van der Waals surface area contributed by atoms with Crippen LogP contribution in [0.4, 0.5) is 0 Å². The average molecular weight is 165 g/mol. The van der Waals surface area contributed by atoms with E-state index in [4.69, 9.17) is 5.11 Å². The van der Waals surface area contributed by atoms with Gasteiger partial charge in [-0.1, -0.05) is 0 Å². The quantitative estimate of drug-likeness (QED) is 0.514. The third-order valence-corrected chi connectivity index (χ3v) is 2.71. The summed E-state index contributed by atoms with van der Waals surface area (Å²) in [7, 11) is -2.47. The van der Waals surface area contributed by atoms with Crippen LogP contribution in [0.1, 0.15) is 12.8 Å². The molecule has 1 N–H and O–H groups in total. The lowest BCUT2D eigenvalue weighted by atomic mass is 10.2. The van der Waals surface area contributed by atoms with Gasteiger partial charge in [0.15, 0.2) is 0 Å². The molecule has 0 aromatic heterocycles. The van der Waals surface area contributed by atoms with Gasteiger partial charge < -0.3 is 5.11 Å². The molecule has 0 aliphatic carbocycles. The molecule has 4 nitrogen and oxygen atoms in total. The predicted octanol–water partition coefficient (Wildman–Crippen LogP) is -1.03. The first-order valence-corrected chi connectivity index (χ1v) is 4.40. The Kier molecular flexibility index (Phi) is 2.64. The van der Waals surface area contributed by atoms with E-state index in [9.17, 15) is 8.42 Å². The van der Waals surface area contributed by atoms with Crippen LogP contribution in [0.2, 0.25) is 0 Å².